The van der Waals surface area contributed by atoms with Gasteiger partial charge in [0.25, 0.3) is 5.91 Å². The molecular weight excluding hydrogens is 486 g/mol. The fourth-order valence-corrected chi connectivity index (χ4v) is 5.07. The van der Waals surface area contributed by atoms with Gasteiger partial charge in [-0.15, -0.1) is 11.3 Å². The molecule has 160 valence electrons. The van der Waals surface area contributed by atoms with E-state index < -0.39 is 11.6 Å². The molecule has 1 N–H and O–H groups in total. The number of amides is 1. The highest BCUT2D eigenvalue weighted by atomic mass is 79.9. The van der Waals surface area contributed by atoms with E-state index in [1.807, 2.05) is 41.0 Å². The van der Waals surface area contributed by atoms with Gasteiger partial charge in [0.15, 0.2) is 11.6 Å². The average molecular weight is 505 g/mol. The van der Waals surface area contributed by atoms with Crippen LogP contribution in [-0.4, -0.2) is 24.1 Å². The number of hydrogen-bond acceptors (Lipinski definition) is 3. The van der Waals surface area contributed by atoms with Crippen molar-refractivity contribution in [2.45, 2.75) is 13.0 Å². The van der Waals surface area contributed by atoms with Crippen LogP contribution in [0.25, 0.3) is 10.2 Å². The maximum absolute atomic E-state index is 13.7. The van der Waals surface area contributed by atoms with Gasteiger partial charge in [-0.3, -0.25) is 4.79 Å². The van der Waals surface area contributed by atoms with Gasteiger partial charge in [0.2, 0.25) is 0 Å². The topological polar surface area (TPSA) is 43.3 Å². The fraction of sp³-hybridized carbons (Fsp3) is 0.174. The van der Waals surface area contributed by atoms with Crippen molar-refractivity contribution in [2.24, 2.45) is 0 Å². The zero-order valence-corrected chi connectivity index (χ0v) is 19.0. The molecule has 0 aliphatic carbocycles. The molecule has 0 saturated heterocycles. The molecule has 0 aliphatic rings. The predicted molar refractivity (Wildman–Crippen MR) is 122 cm³/mol. The molecule has 2 heterocycles. The van der Waals surface area contributed by atoms with Crippen molar-refractivity contribution in [3.05, 3.63) is 86.8 Å². The van der Waals surface area contributed by atoms with Gasteiger partial charge in [-0.2, -0.15) is 0 Å². The Labute approximate surface area is 190 Å². The smallest absolute Gasteiger partial charge is 0.267 e. The van der Waals surface area contributed by atoms with Crippen LogP contribution in [0.1, 0.15) is 21.6 Å². The number of aromatic nitrogens is 1. The highest BCUT2D eigenvalue weighted by molar-refractivity contribution is 9.11. The highest BCUT2D eigenvalue weighted by Crippen LogP contribution is 2.33. The third kappa shape index (κ3) is 4.65. The van der Waals surface area contributed by atoms with Crippen molar-refractivity contribution >= 4 is 43.4 Å². The van der Waals surface area contributed by atoms with E-state index >= 15 is 0 Å². The van der Waals surface area contributed by atoms with E-state index in [0.717, 1.165) is 37.4 Å². The van der Waals surface area contributed by atoms with Crippen LogP contribution in [0.3, 0.4) is 0 Å². The van der Waals surface area contributed by atoms with Crippen LogP contribution in [0.15, 0.2) is 58.4 Å². The summed E-state index contributed by atoms with van der Waals surface area (Å²) in [4.78, 5) is 13.0. The normalized spacial score (nSPS) is 11.1. The molecule has 4 aromatic rings. The number of rotatable bonds is 7. The van der Waals surface area contributed by atoms with Crippen molar-refractivity contribution in [2.75, 3.05) is 13.7 Å². The number of nitrogens with one attached hydrogen (secondary N) is 1. The number of thiophene rings is 1. The van der Waals surface area contributed by atoms with Crippen molar-refractivity contribution in [1.29, 1.82) is 0 Å². The Bertz CT molecular complexity index is 1250. The first-order valence-electron chi connectivity index (χ1n) is 9.59. The third-order valence-electron chi connectivity index (χ3n) is 4.99. The Balaban J connectivity index is 1.56. The van der Waals surface area contributed by atoms with Gasteiger partial charge in [-0.05, 0) is 63.8 Å². The van der Waals surface area contributed by atoms with Gasteiger partial charge in [0.1, 0.15) is 11.4 Å². The molecule has 2 aromatic heterocycles. The minimum absolute atomic E-state index is 0.225. The van der Waals surface area contributed by atoms with Crippen molar-refractivity contribution in [1.82, 2.24) is 9.88 Å². The van der Waals surface area contributed by atoms with E-state index in [1.54, 1.807) is 7.11 Å². The first kappa shape index (κ1) is 21.5. The Morgan fingerprint density at radius 3 is 2.71 bits per heavy atom. The van der Waals surface area contributed by atoms with Gasteiger partial charge < -0.3 is 14.6 Å². The number of fused-ring (bicyclic) bond motifs is 1. The largest absolute Gasteiger partial charge is 0.496 e. The Hall–Kier alpha value is -2.71. The number of methoxy groups -OCH3 is 1. The summed E-state index contributed by atoms with van der Waals surface area (Å²) in [5.74, 6) is -1.25. The van der Waals surface area contributed by atoms with E-state index in [1.165, 1.54) is 17.4 Å². The van der Waals surface area contributed by atoms with E-state index in [0.29, 0.717) is 24.2 Å². The van der Waals surface area contributed by atoms with E-state index in [4.69, 9.17) is 4.74 Å². The summed E-state index contributed by atoms with van der Waals surface area (Å²) in [6.45, 7) is 0.687. The van der Waals surface area contributed by atoms with E-state index in [-0.39, 0.29) is 12.5 Å². The summed E-state index contributed by atoms with van der Waals surface area (Å²) >= 11 is 4.98. The number of ether oxygens (including phenoxy) is 1. The number of hydrogen-bond donors (Lipinski definition) is 1. The summed E-state index contributed by atoms with van der Waals surface area (Å²) in [5.41, 5.74) is 2.91. The molecule has 0 spiro atoms. The molecule has 0 bridgehead atoms. The summed E-state index contributed by atoms with van der Waals surface area (Å²) in [6, 6.07) is 15.2. The van der Waals surface area contributed by atoms with Crippen LogP contribution in [0.5, 0.6) is 5.75 Å². The van der Waals surface area contributed by atoms with Crippen LogP contribution in [-0.2, 0) is 13.0 Å². The third-order valence-corrected chi connectivity index (χ3v) is 6.56. The summed E-state index contributed by atoms with van der Waals surface area (Å²) in [6.07, 6.45) is 0.625. The lowest BCUT2D eigenvalue weighted by atomic mass is 10.1. The average Bonchev–Trinajstić information content (AvgIpc) is 3.28. The quantitative estimate of drug-likeness (QED) is 0.347. The Kier molecular flexibility index (Phi) is 6.38. The molecule has 4 rings (SSSR count). The lowest BCUT2D eigenvalue weighted by Gasteiger charge is -2.12. The van der Waals surface area contributed by atoms with Gasteiger partial charge in [-0.1, -0.05) is 24.3 Å². The SMILES string of the molecule is COc1ccccc1CCNC(=O)c1cc2sc(Br)cc2n1Cc1ccc(F)c(F)c1. The number of nitrogens with zero attached hydrogens (tertiary/aromatic N) is 1. The van der Waals surface area contributed by atoms with Crippen LogP contribution < -0.4 is 10.1 Å². The molecule has 0 atom stereocenters. The minimum Gasteiger partial charge on any atom is -0.496 e. The monoisotopic (exact) mass is 504 g/mol. The molecule has 8 heteroatoms. The van der Waals surface area contributed by atoms with E-state index in [9.17, 15) is 13.6 Å². The second-order valence-corrected chi connectivity index (χ2v) is 9.44. The molecule has 31 heavy (non-hydrogen) atoms. The number of carbonyl (C=O) groups is 1. The van der Waals surface area contributed by atoms with Crippen molar-refractivity contribution < 1.29 is 18.3 Å². The summed E-state index contributed by atoms with van der Waals surface area (Å²) in [7, 11) is 1.62. The van der Waals surface area contributed by atoms with E-state index in [2.05, 4.69) is 21.2 Å². The van der Waals surface area contributed by atoms with Crippen LogP contribution in [0, 0.1) is 11.6 Å². The standard InChI is InChI=1S/C23H19BrF2N2O2S/c1-30-20-5-3-2-4-15(20)8-9-27-23(29)19-11-21-18(12-22(24)31-21)28(19)13-14-6-7-16(25)17(26)10-14/h2-7,10-12H,8-9,13H2,1H3,(H,27,29). The second kappa shape index (κ2) is 9.20. The Morgan fingerprint density at radius 1 is 1.13 bits per heavy atom. The number of benzene rings is 2. The van der Waals surface area contributed by atoms with Crippen molar-refractivity contribution in [3.63, 3.8) is 0 Å². The van der Waals surface area contributed by atoms with Crippen LogP contribution in [0.4, 0.5) is 8.78 Å². The van der Waals surface area contributed by atoms with Gasteiger partial charge >= 0.3 is 0 Å². The molecular formula is C23H19BrF2N2O2S. The number of para-hydroxylation sites is 1. The summed E-state index contributed by atoms with van der Waals surface area (Å²) < 4.78 is 36.1. The first-order valence-corrected chi connectivity index (χ1v) is 11.2. The molecule has 0 fully saturated rings. The number of carbonyl (C=O) groups excluding carboxylic acids is 1. The lowest BCUT2D eigenvalue weighted by Crippen LogP contribution is -2.28. The van der Waals surface area contributed by atoms with Crippen molar-refractivity contribution in [3.8, 4) is 5.75 Å². The molecule has 4 nitrogen and oxygen atoms in total. The van der Waals surface area contributed by atoms with Gasteiger partial charge in [-0.25, -0.2) is 8.78 Å². The zero-order valence-electron chi connectivity index (χ0n) is 16.6. The second-order valence-electron chi connectivity index (χ2n) is 6.98. The maximum Gasteiger partial charge on any atom is 0.267 e. The number of halogens is 3. The molecule has 2 aromatic carbocycles. The zero-order chi connectivity index (χ0) is 22.0. The lowest BCUT2D eigenvalue weighted by molar-refractivity contribution is 0.0945. The molecule has 0 aliphatic heterocycles. The minimum atomic E-state index is -0.907. The molecule has 0 radical (unpaired) electrons. The van der Waals surface area contributed by atoms with Gasteiger partial charge in [0.05, 0.1) is 21.1 Å². The summed E-state index contributed by atoms with van der Waals surface area (Å²) in [5, 5.41) is 2.95. The van der Waals surface area contributed by atoms with Gasteiger partial charge in [0, 0.05) is 13.1 Å². The Morgan fingerprint density at radius 2 is 1.94 bits per heavy atom. The highest BCUT2D eigenvalue weighted by Gasteiger charge is 2.18. The molecule has 0 saturated carbocycles. The molecule has 0 unspecified atom stereocenters. The fourth-order valence-electron chi connectivity index (χ4n) is 3.50. The molecule has 1 amide bonds. The van der Waals surface area contributed by atoms with Crippen LogP contribution >= 0.6 is 27.3 Å². The predicted octanol–water partition coefficient (Wildman–Crippen LogP) is 5.77. The van der Waals surface area contributed by atoms with Crippen LogP contribution in [0.2, 0.25) is 0 Å². The maximum atomic E-state index is 13.7. The first-order chi connectivity index (χ1) is 15.0.